The molecule has 138 valence electrons. The van der Waals surface area contributed by atoms with Crippen molar-refractivity contribution in [1.82, 2.24) is 14.0 Å². The van der Waals surface area contributed by atoms with E-state index in [9.17, 15) is 14.7 Å². The minimum Gasteiger partial charge on any atom is -0.503 e. The quantitative estimate of drug-likeness (QED) is 0.549. The Hall–Kier alpha value is -2.61. The van der Waals surface area contributed by atoms with Crippen molar-refractivity contribution in [2.45, 2.75) is 6.54 Å². The second-order valence-corrected chi connectivity index (χ2v) is 7.01. The molecule has 0 saturated heterocycles. The molecule has 3 heterocycles. The highest BCUT2D eigenvalue weighted by atomic mass is 35.5. The molecule has 27 heavy (non-hydrogen) atoms. The van der Waals surface area contributed by atoms with Gasteiger partial charge in [-0.3, -0.25) is 9.59 Å². The first kappa shape index (κ1) is 19.2. The number of benzene rings is 1. The summed E-state index contributed by atoms with van der Waals surface area (Å²) in [6.07, 6.45) is 6.32. The van der Waals surface area contributed by atoms with Gasteiger partial charge in [-0.2, -0.15) is 0 Å². The summed E-state index contributed by atoms with van der Waals surface area (Å²) in [6, 6.07) is 7.15. The van der Waals surface area contributed by atoms with Gasteiger partial charge in [0.05, 0.1) is 12.1 Å². The Morgan fingerprint density at radius 1 is 1.22 bits per heavy atom. The smallest absolute Gasteiger partial charge is 0.279 e. The Labute approximate surface area is 168 Å². The molecule has 0 saturated carbocycles. The number of aromatic hydroxyl groups is 1. The van der Waals surface area contributed by atoms with Crippen LogP contribution in [-0.2, 0) is 6.54 Å². The minimum absolute atomic E-state index is 0. The molecule has 0 bridgehead atoms. The van der Waals surface area contributed by atoms with Crippen LogP contribution >= 0.6 is 35.3 Å². The van der Waals surface area contributed by atoms with Gasteiger partial charge in [-0.05, 0) is 17.7 Å². The fourth-order valence-electron chi connectivity index (χ4n) is 2.77. The molecule has 4 aromatic rings. The SMILES string of the molecule is Cl.O=c1c(-c2nccs2)cn2ccn(Cc3cccc(Cl)c3)c(=O)c2c1O. The van der Waals surface area contributed by atoms with Crippen molar-refractivity contribution in [2.24, 2.45) is 0 Å². The molecule has 0 aliphatic rings. The monoisotopic (exact) mass is 421 g/mol. The zero-order chi connectivity index (χ0) is 18.3. The zero-order valence-electron chi connectivity index (χ0n) is 13.7. The molecule has 0 aliphatic heterocycles. The van der Waals surface area contributed by atoms with Crippen molar-refractivity contribution >= 4 is 40.9 Å². The maximum atomic E-state index is 12.8. The normalized spacial score (nSPS) is 10.7. The maximum absolute atomic E-state index is 12.8. The van der Waals surface area contributed by atoms with Crippen LogP contribution in [0.5, 0.6) is 5.75 Å². The summed E-state index contributed by atoms with van der Waals surface area (Å²) in [7, 11) is 0. The first-order valence-corrected chi connectivity index (χ1v) is 8.92. The second kappa shape index (κ2) is 7.56. The summed E-state index contributed by atoms with van der Waals surface area (Å²) in [5.74, 6) is -0.580. The van der Waals surface area contributed by atoms with E-state index >= 15 is 0 Å². The van der Waals surface area contributed by atoms with Crippen molar-refractivity contribution in [3.63, 3.8) is 0 Å². The van der Waals surface area contributed by atoms with E-state index in [1.54, 1.807) is 42.2 Å². The van der Waals surface area contributed by atoms with Crippen LogP contribution < -0.4 is 11.0 Å². The van der Waals surface area contributed by atoms with Crippen LogP contribution in [0.25, 0.3) is 16.1 Å². The average molecular weight is 422 g/mol. The third-order valence-electron chi connectivity index (χ3n) is 3.99. The molecule has 0 amide bonds. The summed E-state index contributed by atoms with van der Waals surface area (Å²) in [5.41, 5.74) is -0.0580. The van der Waals surface area contributed by atoms with Gasteiger partial charge < -0.3 is 14.1 Å². The van der Waals surface area contributed by atoms with Gasteiger partial charge in [0.2, 0.25) is 5.43 Å². The van der Waals surface area contributed by atoms with E-state index in [0.717, 1.165) is 5.56 Å². The highest BCUT2D eigenvalue weighted by molar-refractivity contribution is 7.13. The standard InChI is InChI=1S/C18H12ClN3O3S.ClH/c19-12-3-1-2-11(8-12)9-22-6-5-21-10-13(17-20-4-7-26-17)15(23)16(24)14(21)18(22)25;/h1-8,10,24H,9H2;1H. The molecule has 4 rings (SSSR count). The first-order chi connectivity index (χ1) is 12.5. The number of aromatic nitrogens is 3. The summed E-state index contributed by atoms with van der Waals surface area (Å²) in [6.45, 7) is 0.276. The summed E-state index contributed by atoms with van der Waals surface area (Å²) >= 11 is 7.27. The lowest BCUT2D eigenvalue weighted by Gasteiger charge is -2.10. The van der Waals surface area contributed by atoms with Crippen LogP contribution in [0.2, 0.25) is 5.02 Å². The van der Waals surface area contributed by atoms with Crippen LogP contribution in [0.3, 0.4) is 0 Å². The maximum Gasteiger partial charge on any atom is 0.279 e. The number of rotatable bonds is 3. The van der Waals surface area contributed by atoms with E-state index in [-0.39, 0.29) is 30.0 Å². The number of halogens is 2. The number of nitrogens with zero attached hydrogens (tertiary/aromatic N) is 3. The summed E-state index contributed by atoms with van der Waals surface area (Å²) < 4.78 is 2.87. The predicted octanol–water partition coefficient (Wildman–Crippen LogP) is 3.41. The molecule has 0 fully saturated rings. The molecule has 0 atom stereocenters. The third kappa shape index (κ3) is 3.49. The number of fused-ring (bicyclic) bond motifs is 1. The van der Waals surface area contributed by atoms with Gasteiger partial charge in [-0.15, -0.1) is 23.7 Å². The highest BCUT2D eigenvalue weighted by Gasteiger charge is 2.17. The third-order valence-corrected chi connectivity index (χ3v) is 5.03. The number of thiazole rings is 1. The van der Waals surface area contributed by atoms with Crippen LogP contribution in [0, 0.1) is 0 Å². The van der Waals surface area contributed by atoms with E-state index in [1.807, 2.05) is 6.07 Å². The Morgan fingerprint density at radius 2 is 2.04 bits per heavy atom. The van der Waals surface area contributed by atoms with E-state index in [0.29, 0.717) is 10.0 Å². The molecule has 3 aromatic heterocycles. The Balaban J connectivity index is 0.00000210. The molecular formula is C18H13Cl2N3O3S. The molecule has 1 aromatic carbocycles. The highest BCUT2D eigenvalue weighted by Crippen LogP contribution is 2.22. The van der Waals surface area contributed by atoms with E-state index in [1.165, 1.54) is 26.5 Å². The van der Waals surface area contributed by atoms with Crippen LogP contribution in [0.4, 0.5) is 0 Å². The lowest BCUT2D eigenvalue weighted by atomic mass is 10.2. The number of hydrogen-bond acceptors (Lipinski definition) is 5. The fourth-order valence-corrected chi connectivity index (χ4v) is 3.63. The number of hydrogen-bond donors (Lipinski definition) is 1. The van der Waals surface area contributed by atoms with Crippen molar-refractivity contribution in [3.8, 4) is 16.3 Å². The van der Waals surface area contributed by atoms with Gasteiger partial charge in [-0.25, -0.2) is 4.98 Å². The topological polar surface area (TPSA) is 76.6 Å². The Bertz CT molecular complexity index is 1230. The summed E-state index contributed by atoms with van der Waals surface area (Å²) in [5, 5.41) is 13.2. The van der Waals surface area contributed by atoms with Gasteiger partial charge in [0.15, 0.2) is 11.3 Å². The van der Waals surface area contributed by atoms with Crippen LogP contribution in [0.1, 0.15) is 5.56 Å². The molecule has 9 heteroatoms. The minimum atomic E-state index is -0.613. The number of pyridine rings is 1. The van der Waals surface area contributed by atoms with Crippen LogP contribution in [-0.4, -0.2) is 19.1 Å². The molecule has 0 unspecified atom stereocenters. The predicted molar refractivity (Wildman–Crippen MR) is 109 cm³/mol. The van der Waals surface area contributed by atoms with Gasteiger partial charge >= 0.3 is 0 Å². The van der Waals surface area contributed by atoms with Gasteiger partial charge in [0.1, 0.15) is 5.01 Å². The molecule has 1 N–H and O–H groups in total. The van der Waals surface area contributed by atoms with E-state index < -0.39 is 16.7 Å². The Morgan fingerprint density at radius 3 is 2.74 bits per heavy atom. The first-order valence-electron chi connectivity index (χ1n) is 7.66. The second-order valence-electron chi connectivity index (χ2n) is 5.67. The van der Waals surface area contributed by atoms with Crippen molar-refractivity contribution in [3.05, 3.63) is 85.6 Å². The molecule has 0 radical (unpaired) electrons. The van der Waals surface area contributed by atoms with Gasteiger partial charge in [0, 0.05) is 35.2 Å². The van der Waals surface area contributed by atoms with Crippen LogP contribution in [0.15, 0.2) is 64.0 Å². The van der Waals surface area contributed by atoms with Crippen molar-refractivity contribution in [1.29, 1.82) is 0 Å². The molecule has 6 nitrogen and oxygen atoms in total. The Kier molecular flexibility index (Phi) is 5.36. The summed E-state index contributed by atoms with van der Waals surface area (Å²) in [4.78, 5) is 29.4. The van der Waals surface area contributed by atoms with Crippen molar-refractivity contribution < 1.29 is 5.11 Å². The van der Waals surface area contributed by atoms with Gasteiger partial charge in [-0.1, -0.05) is 23.7 Å². The van der Waals surface area contributed by atoms with E-state index in [2.05, 4.69) is 4.98 Å². The molecule has 0 aliphatic carbocycles. The molecular weight excluding hydrogens is 409 g/mol. The van der Waals surface area contributed by atoms with Gasteiger partial charge in [0.25, 0.3) is 5.56 Å². The largest absolute Gasteiger partial charge is 0.503 e. The van der Waals surface area contributed by atoms with E-state index in [4.69, 9.17) is 11.6 Å². The fraction of sp³-hybridized carbons (Fsp3) is 0.0556. The lowest BCUT2D eigenvalue weighted by Crippen LogP contribution is -2.24. The zero-order valence-corrected chi connectivity index (χ0v) is 16.1. The molecule has 0 spiro atoms. The van der Waals surface area contributed by atoms with Crippen molar-refractivity contribution in [2.75, 3.05) is 0 Å². The lowest BCUT2D eigenvalue weighted by molar-refractivity contribution is 0.472. The average Bonchev–Trinajstić information content (AvgIpc) is 3.14.